The molecule has 2 aromatic heterocycles. The molecule has 126 valence electrons. The van der Waals surface area contributed by atoms with Gasteiger partial charge < -0.3 is 15.0 Å². The Hall–Kier alpha value is -2.67. The first-order valence-electron chi connectivity index (χ1n) is 7.83. The molecule has 0 aliphatic rings. The van der Waals surface area contributed by atoms with E-state index in [9.17, 15) is 4.79 Å². The van der Waals surface area contributed by atoms with Gasteiger partial charge in [0.1, 0.15) is 19.0 Å². The van der Waals surface area contributed by atoms with Crippen LogP contribution in [0.2, 0.25) is 0 Å². The summed E-state index contributed by atoms with van der Waals surface area (Å²) in [6, 6.07) is 5.86. The van der Waals surface area contributed by atoms with Crippen LogP contribution in [0, 0.1) is 6.92 Å². The zero-order valence-corrected chi connectivity index (χ0v) is 14.0. The highest BCUT2D eigenvalue weighted by Crippen LogP contribution is 2.15. The van der Waals surface area contributed by atoms with Gasteiger partial charge in [0.05, 0.1) is 23.3 Å². The van der Waals surface area contributed by atoms with Gasteiger partial charge in [-0.3, -0.25) is 9.48 Å². The summed E-state index contributed by atoms with van der Waals surface area (Å²) in [7, 11) is 1.84. The number of hydrogen-bond donors (Lipinski definition) is 2. The molecule has 0 bridgehead atoms. The van der Waals surface area contributed by atoms with E-state index in [-0.39, 0.29) is 25.2 Å². The van der Waals surface area contributed by atoms with Crippen LogP contribution in [-0.4, -0.2) is 32.3 Å². The third-order valence-electron chi connectivity index (χ3n) is 3.84. The second-order valence-corrected chi connectivity index (χ2v) is 5.88. The van der Waals surface area contributed by atoms with Gasteiger partial charge in [0, 0.05) is 18.8 Å². The van der Waals surface area contributed by atoms with E-state index < -0.39 is 0 Å². The summed E-state index contributed by atoms with van der Waals surface area (Å²) < 4.78 is 7.17. The Bertz CT molecular complexity index is 852. The summed E-state index contributed by atoms with van der Waals surface area (Å²) in [6.07, 6.45) is 3.62. The summed E-state index contributed by atoms with van der Waals surface area (Å²) in [5, 5.41) is 6.98. The molecule has 3 rings (SSSR count). The van der Waals surface area contributed by atoms with Crippen molar-refractivity contribution in [1.82, 2.24) is 25.1 Å². The van der Waals surface area contributed by atoms with Crippen molar-refractivity contribution in [2.24, 2.45) is 7.05 Å². The van der Waals surface area contributed by atoms with E-state index in [0.29, 0.717) is 5.82 Å². The summed E-state index contributed by atoms with van der Waals surface area (Å²) in [5.41, 5.74) is 3.98. The molecule has 0 saturated carbocycles. The van der Waals surface area contributed by atoms with Crippen molar-refractivity contribution in [3.63, 3.8) is 0 Å². The first kappa shape index (κ1) is 16.2. The minimum absolute atomic E-state index is 0.0133. The van der Waals surface area contributed by atoms with E-state index >= 15 is 0 Å². The van der Waals surface area contributed by atoms with Crippen LogP contribution in [0.1, 0.15) is 29.9 Å². The molecular formula is C17H21N5O2. The lowest BCUT2D eigenvalue weighted by atomic mass is 10.2. The maximum atomic E-state index is 12.0. The van der Waals surface area contributed by atoms with Crippen molar-refractivity contribution in [3.8, 4) is 0 Å². The first-order valence-corrected chi connectivity index (χ1v) is 7.83. The molecular weight excluding hydrogens is 306 g/mol. The van der Waals surface area contributed by atoms with Crippen molar-refractivity contribution in [3.05, 3.63) is 47.5 Å². The molecule has 0 aliphatic heterocycles. The second kappa shape index (κ2) is 6.84. The smallest absolute Gasteiger partial charge is 0.246 e. The van der Waals surface area contributed by atoms with Gasteiger partial charge in [0.25, 0.3) is 0 Å². The van der Waals surface area contributed by atoms with Crippen molar-refractivity contribution < 1.29 is 9.53 Å². The molecule has 7 nitrogen and oxygen atoms in total. The van der Waals surface area contributed by atoms with Crippen molar-refractivity contribution >= 4 is 16.9 Å². The number of rotatable bonds is 6. The highest BCUT2D eigenvalue weighted by Gasteiger charge is 2.12. The van der Waals surface area contributed by atoms with E-state index in [2.05, 4.69) is 20.4 Å². The Labute approximate surface area is 140 Å². The van der Waals surface area contributed by atoms with Crippen LogP contribution < -0.4 is 5.32 Å². The molecule has 0 radical (unpaired) electrons. The monoisotopic (exact) mass is 327 g/mol. The van der Waals surface area contributed by atoms with Gasteiger partial charge in [-0.05, 0) is 25.5 Å². The molecule has 0 spiro atoms. The number of hydrogen-bond acceptors (Lipinski definition) is 4. The molecule has 0 unspecified atom stereocenters. The molecule has 7 heteroatoms. The van der Waals surface area contributed by atoms with Crippen molar-refractivity contribution in [2.75, 3.05) is 6.61 Å². The Morgan fingerprint density at radius 3 is 3.00 bits per heavy atom. The number of carbonyl (C=O) groups is 1. The molecule has 2 N–H and O–H groups in total. The van der Waals surface area contributed by atoms with Crippen LogP contribution in [0.25, 0.3) is 11.0 Å². The third-order valence-corrected chi connectivity index (χ3v) is 3.84. The third kappa shape index (κ3) is 3.62. The molecule has 0 aliphatic carbocycles. The lowest BCUT2D eigenvalue weighted by Crippen LogP contribution is -2.30. The molecule has 0 fully saturated rings. The fourth-order valence-electron chi connectivity index (χ4n) is 2.57. The van der Waals surface area contributed by atoms with Gasteiger partial charge in [0.15, 0.2) is 0 Å². The van der Waals surface area contributed by atoms with Crippen LogP contribution in [0.3, 0.4) is 0 Å². The standard InChI is InChI=1S/C17H21N5O2/c1-11-5-4-6-14-17(11)21-15(20-14)9-24-10-16(23)19-12(2)13-7-18-22(3)8-13/h4-8,12H,9-10H2,1-3H3,(H,19,23)(H,20,21)/t12-/m0/s1. The fraction of sp³-hybridized carbons (Fsp3) is 0.353. The molecule has 3 aromatic rings. The average Bonchev–Trinajstić information content (AvgIpc) is 3.14. The predicted octanol–water partition coefficient (Wildman–Crippen LogP) is 2.00. The van der Waals surface area contributed by atoms with Gasteiger partial charge >= 0.3 is 0 Å². The molecule has 2 heterocycles. The van der Waals surface area contributed by atoms with E-state index in [0.717, 1.165) is 22.2 Å². The highest BCUT2D eigenvalue weighted by molar-refractivity contribution is 5.78. The van der Waals surface area contributed by atoms with Crippen LogP contribution in [0.4, 0.5) is 0 Å². The van der Waals surface area contributed by atoms with Gasteiger partial charge in [-0.2, -0.15) is 5.10 Å². The number of H-pyrrole nitrogens is 1. The lowest BCUT2D eigenvalue weighted by Gasteiger charge is -2.11. The molecule has 24 heavy (non-hydrogen) atoms. The van der Waals surface area contributed by atoms with Crippen LogP contribution in [0.5, 0.6) is 0 Å². The van der Waals surface area contributed by atoms with Gasteiger partial charge in [-0.25, -0.2) is 4.98 Å². The summed E-state index contributed by atoms with van der Waals surface area (Å²) in [5.74, 6) is 0.547. The number of fused-ring (bicyclic) bond motifs is 1. The van der Waals surface area contributed by atoms with Crippen LogP contribution >= 0.6 is 0 Å². The number of aromatic amines is 1. The van der Waals surface area contributed by atoms with E-state index in [1.54, 1.807) is 10.9 Å². The van der Waals surface area contributed by atoms with E-state index in [4.69, 9.17) is 4.74 Å². The van der Waals surface area contributed by atoms with Gasteiger partial charge in [-0.15, -0.1) is 0 Å². The van der Waals surface area contributed by atoms with E-state index in [1.807, 2.05) is 45.3 Å². The maximum Gasteiger partial charge on any atom is 0.246 e. The normalized spacial score (nSPS) is 12.5. The summed E-state index contributed by atoms with van der Waals surface area (Å²) >= 11 is 0. The maximum absolute atomic E-state index is 12.0. The topological polar surface area (TPSA) is 84.8 Å². The van der Waals surface area contributed by atoms with Crippen molar-refractivity contribution in [2.45, 2.75) is 26.5 Å². The number of nitrogens with one attached hydrogen (secondary N) is 2. The zero-order valence-electron chi connectivity index (χ0n) is 14.0. The minimum Gasteiger partial charge on any atom is -0.364 e. The largest absolute Gasteiger partial charge is 0.364 e. The molecule has 1 aromatic carbocycles. The second-order valence-electron chi connectivity index (χ2n) is 5.88. The predicted molar refractivity (Wildman–Crippen MR) is 90.3 cm³/mol. The number of benzene rings is 1. The SMILES string of the molecule is Cc1cccc2[nH]c(COCC(=O)N[C@@H](C)c3cnn(C)c3)nc12. The number of carbonyl (C=O) groups excluding carboxylic acids is 1. The average molecular weight is 327 g/mol. The minimum atomic E-state index is -0.168. The van der Waals surface area contributed by atoms with Gasteiger partial charge in [0.2, 0.25) is 5.91 Å². The van der Waals surface area contributed by atoms with Crippen molar-refractivity contribution in [1.29, 1.82) is 0 Å². The van der Waals surface area contributed by atoms with Crippen LogP contribution in [-0.2, 0) is 23.2 Å². The summed E-state index contributed by atoms with van der Waals surface area (Å²) in [4.78, 5) is 19.7. The number of amides is 1. The van der Waals surface area contributed by atoms with Gasteiger partial charge in [-0.1, -0.05) is 12.1 Å². The van der Waals surface area contributed by atoms with E-state index in [1.165, 1.54) is 0 Å². The Morgan fingerprint density at radius 1 is 1.46 bits per heavy atom. The summed E-state index contributed by atoms with van der Waals surface area (Å²) in [6.45, 7) is 4.18. The first-order chi connectivity index (χ1) is 11.5. The Kier molecular flexibility index (Phi) is 4.61. The molecule has 1 atom stereocenters. The zero-order chi connectivity index (χ0) is 17.1. The number of ether oxygens (including phenoxy) is 1. The fourth-order valence-corrected chi connectivity index (χ4v) is 2.57. The number of aryl methyl sites for hydroxylation is 2. The van der Waals surface area contributed by atoms with Crippen LogP contribution in [0.15, 0.2) is 30.6 Å². The Morgan fingerprint density at radius 2 is 2.29 bits per heavy atom. The number of nitrogens with zero attached hydrogens (tertiary/aromatic N) is 3. The molecule has 0 saturated heterocycles. The quantitative estimate of drug-likeness (QED) is 0.725. The highest BCUT2D eigenvalue weighted by atomic mass is 16.5. The number of para-hydroxylation sites is 1. The number of imidazole rings is 1. The Balaban J connectivity index is 1.50. The lowest BCUT2D eigenvalue weighted by molar-refractivity contribution is -0.126. The number of aromatic nitrogens is 4. The molecule has 1 amide bonds.